The zero-order chi connectivity index (χ0) is 21.1. The minimum Gasteiger partial charge on any atom is -0.367 e. The number of amides is 1. The maximum Gasteiger partial charge on any atom is 0.251 e. The number of carbonyl (C=O) groups excluding carboxylic acids is 1. The van der Waals surface area contributed by atoms with Crippen molar-refractivity contribution < 1.29 is 4.79 Å². The molecule has 30 heavy (non-hydrogen) atoms. The van der Waals surface area contributed by atoms with Crippen molar-refractivity contribution in [2.45, 2.75) is 20.8 Å². The fourth-order valence-electron chi connectivity index (χ4n) is 3.28. The van der Waals surface area contributed by atoms with Gasteiger partial charge in [-0.3, -0.25) is 4.79 Å². The van der Waals surface area contributed by atoms with Gasteiger partial charge in [0.15, 0.2) is 5.82 Å². The third-order valence-corrected chi connectivity index (χ3v) is 5.25. The second kappa shape index (κ2) is 8.32. The van der Waals surface area contributed by atoms with Crippen molar-refractivity contribution in [3.63, 3.8) is 0 Å². The molecule has 0 aliphatic heterocycles. The van der Waals surface area contributed by atoms with E-state index in [-0.39, 0.29) is 5.91 Å². The number of aromatic nitrogens is 4. The molecule has 1 amide bonds. The summed E-state index contributed by atoms with van der Waals surface area (Å²) in [6, 6.07) is 17.4. The highest BCUT2D eigenvalue weighted by atomic mass is 16.1. The summed E-state index contributed by atoms with van der Waals surface area (Å²) in [5.41, 5.74) is 3.84. The lowest BCUT2D eigenvalue weighted by Gasteiger charge is -2.09. The highest BCUT2D eigenvalue weighted by Gasteiger charge is 2.10. The topological polar surface area (TPSA) is 84.7 Å². The minimum absolute atomic E-state index is 0.0936. The van der Waals surface area contributed by atoms with Crippen LogP contribution < -0.4 is 10.6 Å². The predicted molar refractivity (Wildman–Crippen MR) is 118 cm³/mol. The van der Waals surface area contributed by atoms with Crippen LogP contribution >= 0.6 is 0 Å². The van der Waals surface area contributed by atoms with Crippen LogP contribution in [-0.4, -0.2) is 39.0 Å². The van der Waals surface area contributed by atoms with Crippen molar-refractivity contribution >= 4 is 22.5 Å². The molecular formula is C23H24N6O. The normalized spacial score (nSPS) is 10.9. The summed E-state index contributed by atoms with van der Waals surface area (Å²) in [7, 11) is 0. The van der Waals surface area contributed by atoms with Gasteiger partial charge in [0, 0.05) is 24.3 Å². The Morgan fingerprint density at radius 2 is 1.73 bits per heavy atom. The van der Waals surface area contributed by atoms with Crippen molar-refractivity contribution in [1.82, 2.24) is 25.3 Å². The summed E-state index contributed by atoms with van der Waals surface area (Å²) in [6.45, 7) is 7.07. The molecule has 0 aliphatic carbocycles. The number of aryl methyl sites for hydroxylation is 1. The summed E-state index contributed by atoms with van der Waals surface area (Å²) in [4.78, 5) is 12.4. The molecule has 0 radical (unpaired) electrons. The van der Waals surface area contributed by atoms with E-state index in [1.54, 1.807) is 4.68 Å². The Labute approximate surface area is 175 Å². The Morgan fingerprint density at radius 3 is 2.43 bits per heavy atom. The molecule has 0 unspecified atom stereocenters. The van der Waals surface area contributed by atoms with E-state index in [9.17, 15) is 4.79 Å². The number of hydrogen-bond acceptors (Lipinski definition) is 5. The molecule has 0 bridgehead atoms. The summed E-state index contributed by atoms with van der Waals surface area (Å²) < 4.78 is 1.80. The van der Waals surface area contributed by atoms with Crippen molar-refractivity contribution in [1.29, 1.82) is 0 Å². The van der Waals surface area contributed by atoms with E-state index in [1.165, 1.54) is 0 Å². The lowest BCUT2D eigenvalue weighted by Crippen LogP contribution is -2.28. The van der Waals surface area contributed by atoms with Crippen LogP contribution in [0, 0.1) is 20.8 Å². The number of nitrogens with one attached hydrogen (secondary N) is 2. The summed E-state index contributed by atoms with van der Waals surface area (Å²) >= 11 is 0. The highest BCUT2D eigenvalue weighted by Crippen LogP contribution is 2.16. The van der Waals surface area contributed by atoms with E-state index >= 15 is 0 Å². The first-order valence-electron chi connectivity index (χ1n) is 9.91. The first kappa shape index (κ1) is 19.6. The van der Waals surface area contributed by atoms with Gasteiger partial charge >= 0.3 is 0 Å². The zero-order valence-corrected chi connectivity index (χ0v) is 17.3. The molecule has 0 atom stereocenters. The van der Waals surface area contributed by atoms with Gasteiger partial charge in [-0.15, -0.1) is 10.2 Å². The standard InChI is InChI=1S/C23H24N6O/c1-15-16(2)28-29(17(15)3)22-11-10-21(26-27-22)24-12-13-25-23(30)20-9-8-18-6-4-5-7-19(18)14-20/h4-11,14H,12-13H2,1-3H3,(H,24,26)(H,25,30). The maximum absolute atomic E-state index is 12.4. The van der Waals surface area contributed by atoms with Crippen LogP contribution in [0.5, 0.6) is 0 Å². The number of anilines is 1. The summed E-state index contributed by atoms with van der Waals surface area (Å²) in [5, 5.41) is 21.2. The van der Waals surface area contributed by atoms with Gasteiger partial charge in [-0.2, -0.15) is 5.10 Å². The zero-order valence-electron chi connectivity index (χ0n) is 17.3. The molecular weight excluding hydrogens is 376 g/mol. The molecule has 0 saturated carbocycles. The third kappa shape index (κ3) is 4.00. The Morgan fingerprint density at radius 1 is 0.933 bits per heavy atom. The van der Waals surface area contributed by atoms with Gasteiger partial charge in [-0.25, -0.2) is 4.68 Å². The smallest absolute Gasteiger partial charge is 0.251 e. The number of fused-ring (bicyclic) bond motifs is 1. The molecule has 4 rings (SSSR count). The number of benzene rings is 2. The van der Waals surface area contributed by atoms with Gasteiger partial charge < -0.3 is 10.6 Å². The van der Waals surface area contributed by atoms with Crippen molar-refractivity contribution in [3.05, 3.63) is 77.1 Å². The molecule has 0 aliphatic rings. The van der Waals surface area contributed by atoms with Gasteiger partial charge in [0.05, 0.1) is 5.69 Å². The fraction of sp³-hybridized carbons (Fsp3) is 0.217. The van der Waals surface area contributed by atoms with Gasteiger partial charge in [0.25, 0.3) is 5.91 Å². The fourth-order valence-corrected chi connectivity index (χ4v) is 3.28. The summed E-state index contributed by atoms with van der Waals surface area (Å²) in [5.74, 6) is 1.24. The van der Waals surface area contributed by atoms with Crippen LogP contribution in [0.4, 0.5) is 5.82 Å². The van der Waals surface area contributed by atoms with Crippen molar-refractivity contribution in [2.75, 3.05) is 18.4 Å². The van der Waals surface area contributed by atoms with E-state index < -0.39 is 0 Å². The van der Waals surface area contributed by atoms with Gasteiger partial charge in [-0.05, 0) is 61.4 Å². The lowest BCUT2D eigenvalue weighted by molar-refractivity contribution is 0.0955. The largest absolute Gasteiger partial charge is 0.367 e. The maximum atomic E-state index is 12.4. The van der Waals surface area contributed by atoms with E-state index in [1.807, 2.05) is 75.4 Å². The molecule has 0 saturated heterocycles. The molecule has 0 fully saturated rings. The monoisotopic (exact) mass is 400 g/mol. The van der Waals surface area contributed by atoms with Gasteiger partial charge in [0.2, 0.25) is 0 Å². The molecule has 7 nitrogen and oxygen atoms in total. The lowest BCUT2D eigenvalue weighted by atomic mass is 10.1. The Balaban J connectivity index is 1.30. The minimum atomic E-state index is -0.0936. The molecule has 0 spiro atoms. The third-order valence-electron chi connectivity index (χ3n) is 5.25. The SMILES string of the molecule is Cc1nn(-c2ccc(NCCNC(=O)c3ccc4ccccc4c3)nn2)c(C)c1C. The highest BCUT2D eigenvalue weighted by molar-refractivity contribution is 5.98. The Bertz CT molecular complexity index is 1200. The van der Waals surface area contributed by atoms with Crippen molar-refractivity contribution in [3.8, 4) is 5.82 Å². The number of nitrogens with zero attached hydrogens (tertiary/aromatic N) is 4. The van der Waals surface area contributed by atoms with Gasteiger partial charge in [0.1, 0.15) is 5.82 Å². The molecule has 2 heterocycles. The van der Waals surface area contributed by atoms with Crippen LogP contribution in [0.2, 0.25) is 0 Å². The number of carbonyl (C=O) groups is 1. The molecule has 2 aromatic heterocycles. The van der Waals surface area contributed by atoms with Crippen molar-refractivity contribution in [2.24, 2.45) is 0 Å². The molecule has 152 valence electrons. The molecule has 2 N–H and O–H groups in total. The first-order valence-corrected chi connectivity index (χ1v) is 9.91. The van der Waals surface area contributed by atoms with E-state index in [2.05, 4.69) is 25.9 Å². The van der Waals surface area contributed by atoms with E-state index in [0.717, 1.165) is 27.7 Å². The molecule has 2 aromatic carbocycles. The average Bonchev–Trinajstić information content (AvgIpc) is 3.04. The predicted octanol–water partition coefficient (Wildman–Crippen LogP) is 3.58. The molecule has 4 aromatic rings. The van der Waals surface area contributed by atoms with E-state index in [4.69, 9.17) is 0 Å². The Kier molecular flexibility index (Phi) is 5.43. The van der Waals surface area contributed by atoms with Gasteiger partial charge in [-0.1, -0.05) is 30.3 Å². The van der Waals surface area contributed by atoms with Crippen LogP contribution in [0.25, 0.3) is 16.6 Å². The van der Waals surface area contributed by atoms with Crippen LogP contribution in [0.15, 0.2) is 54.6 Å². The Hall–Kier alpha value is -3.74. The molecule has 7 heteroatoms. The van der Waals surface area contributed by atoms with Crippen LogP contribution in [-0.2, 0) is 0 Å². The van der Waals surface area contributed by atoms with Crippen LogP contribution in [0.3, 0.4) is 0 Å². The average molecular weight is 400 g/mol. The second-order valence-electron chi connectivity index (χ2n) is 7.23. The van der Waals surface area contributed by atoms with Crippen LogP contribution in [0.1, 0.15) is 27.3 Å². The second-order valence-corrected chi connectivity index (χ2v) is 7.23. The number of hydrogen-bond donors (Lipinski definition) is 2. The summed E-state index contributed by atoms with van der Waals surface area (Å²) in [6.07, 6.45) is 0. The number of rotatable bonds is 6. The first-order chi connectivity index (χ1) is 14.5. The van der Waals surface area contributed by atoms with E-state index in [0.29, 0.717) is 30.3 Å². The quantitative estimate of drug-likeness (QED) is 0.483.